The van der Waals surface area contributed by atoms with E-state index < -0.39 is 40.4 Å². The summed E-state index contributed by atoms with van der Waals surface area (Å²) in [5, 5.41) is 14.0. The average molecular weight is 543 g/mol. The van der Waals surface area contributed by atoms with E-state index in [0.29, 0.717) is 5.75 Å². The van der Waals surface area contributed by atoms with Gasteiger partial charge >= 0.3 is 6.09 Å². The van der Waals surface area contributed by atoms with Crippen LogP contribution in [0.4, 0.5) is 4.79 Å². The summed E-state index contributed by atoms with van der Waals surface area (Å²) in [7, 11) is -2.75. The summed E-state index contributed by atoms with van der Waals surface area (Å²) in [6, 6.07) is 22.5. The van der Waals surface area contributed by atoms with Crippen molar-refractivity contribution in [2.75, 3.05) is 13.7 Å². The highest BCUT2D eigenvalue weighted by Crippen LogP contribution is 2.23. The van der Waals surface area contributed by atoms with Crippen LogP contribution in [0.2, 0.25) is 0 Å². The average Bonchev–Trinajstić information content (AvgIpc) is 2.88. The molecule has 204 valence electrons. The first kappa shape index (κ1) is 29.0. The van der Waals surface area contributed by atoms with Gasteiger partial charge in [-0.1, -0.05) is 48.5 Å². The van der Waals surface area contributed by atoms with Gasteiger partial charge in [0.15, 0.2) is 0 Å². The molecule has 3 aromatic carbocycles. The van der Waals surface area contributed by atoms with Crippen molar-refractivity contribution in [2.45, 2.75) is 49.8 Å². The molecule has 0 aliphatic rings. The smallest absolute Gasteiger partial charge is 0.407 e. The van der Waals surface area contributed by atoms with Crippen LogP contribution in [0, 0.1) is 0 Å². The van der Waals surface area contributed by atoms with Gasteiger partial charge in [0, 0.05) is 0 Å². The van der Waals surface area contributed by atoms with Crippen LogP contribution in [0.5, 0.6) is 11.5 Å². The van der Waals surface area contributed by atoms with Crippen molar-refractivity contribution in [3.8, 4) is 11.5 Å². The lowest BCUT2D eigenvalue weighted by Gasteiger charge is -2.30. The molecule has 0 saturated carbocycles. The normalized spacial score (nSPS) is 13.4. The van der Waals surface area contributed by atoms with Crippen molar-refractivity contribution in [1.29, 1.82) is 0 Å². The molecule has 3 rings (SSSR count). The van der Waals surface area contributed by atoms with Crippen molar-refractivity contribution in [3.05, 3.63) is 90.5 Å². The summed E-state index contributed by atoms with van der Waals surface area (Å²) in [5.41, 5.74) is 0.0769. The number of aliphatic hydroxyl groups excluding tert-OH is 1. The lowest BCUT2D eigenvalue weighted by molar-refractivity contribution is -0.0165. The molecule has 0 bridgehead atoms. The van der Waals surface area contributed by atoms with Gasteiger partial charge < -0.3 is 24.7 Å². The number of hydroxylamine groups is 1. The van der Waals surface area contributed by atoms with Crippen LogP contribution >= 0.6 is 0 Å². The molecule has 2 N–H and O–H groups in total. The third-order valence-corrected chi connectivity index (χ3v) is 7.00. The van der Waals surface area contributed by atoms with Crippen molar-refractivity contribution in [1.82, 2.24) is 9.79 Å². The molecular weight excluding hydrogens is 508 g/mol. The molecule has 0 radical (unpaired) electrons. The number of alkyl carbamates (subject to hydrolysis) is 1. The van der Waals surface area contributed by atoms with Crippen molar-refractivity contribution < 1.29 is 32.6 Å². The number of amides is 1. The number of hydrogen-bond donors (Lipinski definition) is 2. The Balaban J connectivity index is 1.91. The van der Waals surface area contributed by atoms with E-state index in [-0.39, 0.29) is 17.1 Å². The predicted molar refractivity (Wildman–Crippen MR) is 143 cm³/mol. The Morgan fingerprint density at radius 2 is 1.50 bits per heavy atom. The fourth-order valence-corrected chi connectivity index (χ4v) is 4.79. The Bertz CT molecular complexity index is 1260. The topological polar surface area (TPSA) is 114 Å². The van der Waals surface area contributed by atoms with Crippen molar-refractivity contribution in [2.24, 2.45) is 0 Å². The molecular formula is C28H34N2O7S. The Hall–Kier alpha value is -3.60. The maximum atomic E-state index is 13.6. The number of methoxy groups -OCH3 is 1. The van der Waals surface area contributed by atoms with Gasteiger partial charge in [0.25, 0.3) is 10.0 Å². The zero-order chi connectivity index (χ0) is 27.8. The Labute approximate surface area is 224 Å². The number of carbonyl (C=O) groups is 1. The molecule has 38 heavy (non-hydrogen) atoms. The quantitative estimate of drug-likeness (QED) is 0.350. The lowest BCUT2D eigenvalue weighted by Crippen LogP contribution is -2.52. The molecule has 3 aromatic rings. The number of nitrogens with zero attached hydrogens (tertiary/aromatic N) is 1. The molecule has 0 saturated heterocycles. The fraction of sp³-hybridized carbons (Fsp3) is 0.321. The molecule has 0 aliphatic carbocycles. The van der Waals surface area contributed by atoms with Crippen LogP contribution in [0.25, 0.3) is 0 Å². The minimum absolute atomic E-state index is 0.0545. The SMILES string of the molecule is COc1ccc(S(=O)(=O)N(CC(O)C(Cc2ccccc2)NC(=O)OC(C)(C)C)Oc2ccccc2)cc1. The fourth-order valence-electron chi connectivity index (χ4n) is 3.54. The Kier molecular flexibility index (Phi) is 9.73. The second-order valence-corrected chi connectivity index (χ2v) is 11.4. The van der Waals surface area contributed by atoms with Gasteiger partial charge in [-0.2, -0.15) is 0 Å². The minimum atomic E-state index is -4.23. The highest BCUT2D eigenvalue weighted by Gasteiger charge is 2.33. The van der Waals surface area contributed by atoms with Gasteiger partial charge in [-0.25, -0.2) is 13.2 Å². The first-order valence-electron chi connectivity index (χ1n) is 12.1. The van der Waals surface area contributed by atoms with Crippen LogP contribution in [0.3, 0.4) is 0 Å². The summed E-state index contributed by atoms with van der Waals surface area (Å²) in [6.45, 7) is 4.71. The van der Waals surface area contributed by atoms with E-state index in [1.165, 1.54) is 31.4 Å². The predicted octanol–water partition coefficient (Wildman–Crippen LogP) is 4.18. The molecule has 0 aliphatic heterocycles. The van der Waals surface area contributed by atoms with E-state index in [9.17, 15) is 18.3 Å². The molecule has 0 fully saturated rings. The molecule has 2 atom stereocenters. The van der Waals surface area contributed by atoms with Gasteiger partial charge in [0.05, 0.1) is 30.7 Å². The van der Waals surface area contributed by atoms with E-state index in [4.69, 9.17) is 14.3 Å². The molecule has 0 heterocycles. The summed E-state index contributed by atoms with van der Waals surface area (Å²) in [4.78, 5) is 18.3. The van der Waals surface area contributed by atoms with E-state index >= 15 is 0 Å². The van der Waals surface area contributed by atoms with Crippen molar-refractivity contribution >= 4 is 16.1 Å². The number of aliphatic hydroxyl groups is 1. The number of carbonyl (C=O) groups excluding carboxylic acids is 1. The largest absolute Gasteiger partial charge is 0.497 e. The second-order valence-electron chi connectivity index (χ2n) is 9.58. The Morgan fingerprint density at radius 3 is 2.05 bits per heavy atom. The number of para-hydroxylation sites is 1. The third kappa shape index (κ3) is 8.47. The molecule has 0 aromatic heterocycles. The zero-order valence-electron chi connectivity index (χ0n) is 21.9. The molecule has 0 spiro atoms. The lowest BCUT2D eigenvalue weighted by atomic mass is 10.0. The van der Waals surface area contributed by atoms with Crippen LogP contribution < -0.4 is 14.9 Å². The maximum Gasteiger partial charge on any atom is 0.407 e. The number of sulfonamides is 1. The molecule has 10 heteroatoms. The van der Waals surface area contributed by atoms with Gasteiger partial charge in [0.2, 0.25) is 0 Å². The third-order valence-electron chi connectivity index (χ3n) is 5.38. The first-order valence-corrected chi connectivity index (χ1v) is 13.5. The minimum Gasteiger partial charge on any atom is -0.497 e. The number of benzene rings is 3. The standard InChI is InChI=1S/C28H34N2O7S/c1-28(2,3)36-27(32)29-25(19-21-11-7-5-8-12-21)26(31)20-30(37-23-13-9-6-10-14-23)38(33,34)24-17-15-22(35-4)16-18-24/h5-18,25-26,31H,19-20H2,1-4H3,(H,29,32). The highest BCUT2D eigenvalue weighted by atomic mass is 32.2. The van der Waals surface area contributed by atoms with Crippen LogP contribution in [-0.2, 0) is 21.2 Å². The van der Waals surface area contributed by atoms with Gasteiger partial charge in [-0.15, -0.1) is 0 Å². The highest BCUT2D eigenvalue weighted by molar-refractivity contribution is 7.89. The van der Waals surface area contributed by atoms with E-state index in [1.807, 2.05) is 30.3 Å². The molecule has 1 amide bonds. The second kappa shape index (κ2) is 12.8. The van der Waals surface area contributed by atoms with E-state index in [0.717, 1.165) is 10.0 Å². The maximum absolute atomic E-state index is 13.6. The first-order chi connectivity index (χ1) is 18.0. The van der Waals surface area contributed by atoms with Gasteiger partial charge in [0.1, 0.15) is 17.1 Å². The van der Waals surface area contributed by atoms with E-state index in [1.54, 1.807) is 51.1 Å². The summed E-state index contributed by atoms with van der Waals surface area (Å²) in [6.07, 6.45) is -1.87. The van der Waals surface area contributed by atoms with Gasteiger partial charge in [-0.3, -0.25) is 0 Å². The van der Waals surface area contributed by atoms with Crippen LogP contribution in [-0.4, -0.2) is 55.5 Å². The number of ether oxygens (including phenoxy) is 2. The van der Waals surface area contributed by atoms with Crippen LogP contribution in [0.15, 0.2) is 89.8 Å². The van der Waals surface area contributed by atoms with Crippen LogP contribution in [0.1, 0.15) is 26.3 Å². The van der Waals surface area contributed by atoms with E-state index in [2.05, 4.69) is 5.32 Å². The monoisotopic (exact) mass is 542 g/mol. The number of rotatable bonds is 11. The number of nitrogens with one attached hydrogen (secondary N) is 1. The zero-order valence-corrected chi connectivity index (χ0v) is 22.7. The molecule has 9 nitrogen and oxygen atoms in total. The Morgan fingerprint density at radius 1 is 0.921 bits per heavy atom. The summed E-state index contributed by atoms with van der Waals surface area (Å²) < 4.78 is 38.4. The van der Waals surface area contributed by atoms with Gasteiger partial charge in [-0.05, 0) is 73.6 Å². The number of hydrogen-bond acceptors (Lipinski definition) is 7. The van der Waals surface area contributed by atoms with Crippen molar-refractivity contribution in [3.63, 3.8) is 0 Å². The molecule has 2 unspecified atom stereocenters. The summed E-state index contributed by atoms with van der Waals surface area (Å²) in [5.74, 6) is 0.750. The summed E-state index contributed by atoms with van der Waals surface area (Å²) >= 11 is 0.